The maximum absolute atomic E-state index is 12.6. The number of nitrogens with zero attached hydrogens (tertiary/aromatic N) is 1. The van der Waals surface area contributed by atoms with Crippen molar-refractivity contribution in [3.8, 4) is 5.75 Å². The van der Waals surface area contributed by atoms with E-state index in [2.05, 4.69) is 26.2 Å². The number of benzene rings is 1. The van der Waals surface area contributed by atoms with Gasteiger partial charge in [0, 0.05) is 16.5 Å². The highest BCUT2D eigenvalue weighted by Gasteiger charge is 2.24. The minimum atomic E-state index is -0.437. The molecule has 7 heteroatoms. The molecule has 3 rings (SSSR count). The molecule has 0 radical (unpaired) electrons. The molecule has 0 aliphatic carbocycles. The second kappa shape index (κ2) is 7.86. The molecule has 6 nitrogen and oxygen atoms in total. The van der Waals surface area contributed by atoms with Crippen LogP contribution in [0.15, 0.2) is 34.8 Å². The molecule has 0 bridgehead atoms. The summed E-state index contributed by atoms with van der Waals surface area (Å²) in [4.78, 5) is 28.7. The normalized spacial score (nSPS) is 15.6. The van der Waals surface area contributed by atoms with E-state index in [1.807, 2.05) is 18.2 Å². The van der Waals surface area contributed by atoms with Crippen LogP contribution in [0, 0.1) is 6.92 Å². The summed E-state index contributed by atoms with van der Waals surface area (Å²) in [6.45, 7) is 4.25. The smallest absolute Gasteiger partial charge is 0.339 e. The zero-order chi connectivity index (χ0) is 18.7. The van der Waals surface area contributed by atoms with Crippen molar-refractivity contribution in [2.45, 2.75) is 26.3 Å². The Balaban J connectivity index is 1.78. The lowest BCUT2D eigenvalue weighted by molar-refractivity contribution is 0.0524. The van der Waals surface area contributed by atoms with Gasteiger partial charge in [0.1, 0.15) is 11.4 Å². The number of hydrogen-bond donors (Lipinski definition) is 1. The third kappa shape index (κ3) is 3.88. The van der Waals surface area contributed by atoms with Gasteiger partial charge in [-0.3, -0.25) is 4.79 Å². The highest BCUT2D eigenvalue weighted by Crippen LogP contribution is 2.34. The molecule has 1 aliphatic rings. The number of nitrogens with one attached hydrogen (secondary N) is 1. The monoisotopic (exact) mass is 418 g/mol. The first-order valence-electron chi connectivity index (χ1n) is 8.37. The van der Waals surface area contributed by atoms with Crippen molar-refractivity contribution in [3.63, 3.8) is 0 Å². The molecule has 2 aromatic rings. The molecule has 26 heavy (non-hydrogen) atoms. The number of ether oxygens (including phenoxy) is 2. The summed E-state index contributed by atoms with van der Waals surface area (Å²) in [7, 11) is 0. The van der Waals surface area contributed by atoms with Gasteiger partial charge in [-0.25, -0.2) is 9.78 Å². The number of carbonyl (C=O) groups is 2. The number of fused-ring (bicyclic) bond motifs is 1. The number of hydrogen-bond acceptors (Lipinski definition) is 5. The molecule has 1 aromatic heterocycles. The van der Waals surface area contributed by atoms with Gasteiger partial charge >= 0.3 is 5.97 Å². The highest BCUT2D eigenvalue weighted by atomic mass is 79.9. The summed E-state index contributed by atoms with van der Waals surface area (Å²) >= 11 is 3.45. The van der Waals surface area contributed by atoms with E-state index in [1.54, 1.807) is 19.9 Å². The van der Waals surface area contributed by atoms with Gasteiger partial charge in [-0.15, -0.1) is 0 Å². The number of aryl methyl sites for hydroxylation is 1. The summed E-state index contributed by atoms with van der Waals surface area (Å²) in [6, 6.07) is 8.69. The molecule has 0 spiro atoms. The molecule has 0 fully saturated rings. The topological polar surface area (TPSA) is 77.5 Å². The predicted octanol–water partition coefficient (Wildman–Crippen LogP) is 3.58. The SMILES string of the molecule is CCOC(=O)c1ccc(C(=O)NC2CCOc3ccc(Br)cc32)nc1C. The summed E-state index contributed by atoms with van der Waals surface area (Å²) in [5.41, 5.74) is 2.02. The minimum Gasteiger partial charge on any atom is -0.493 e. The molecule has 1 atom stereocenters. The zero-order valence-corrected chi connectivity index (χ0v) is 16.1. The fraction of sp³-hybridized carbons (Fsp3) is 0.316. The first-order valence-corrected chi connectivity index (χ1v) is 9.16. The fourth-order valence-corrected chi connectivity index (χ4v) is 3.24. The minimum absolute atomic E-state index is 0.157. The lowest BCUT2D eigenvalue weighted by Crippen LogP contribution is -2.32. The van der Waals surface area contributed by atoms with Crippen LogP contribution in [0.4, 0.5) is 0 Å². The number of carbonyl (C=O) groups excluding carboxylic acids is 2. The van der Waals surface area contributed by atoms with Crippen LogP contribution in [0.3, 0.4) is 0 Å². The van der Waals surface area contributed by atoms with Crippen LogP contribution < -0.4 is 10.1 Å². The molecule has 1 aliphatic heterocycles. The maximum atomic E-state index is 12.6. The number of rotatable bonds is 4. The molecule has 1 N–H and O–H groups in total. The van der Waals surface area contributed by atoms with Gasteiger partial charge in [0.25, 0.3) is 5.91 Å². The van der Waals surface area contributed by atoms with Crippen LogP contribution in [-0.4, -0.2) is 30.1 Å². The number of amides is 1. The third-order valence-electron chi connectivity index (χ3n) is 4.13. The third-order valence-corrected chi connectivity index (χ3v) is 4.62. The van der Waals surface area contributed by atoms with Gasteiger partial charge in [-0.05, 0) is 44.2 Å². The van der Waals surface area contributed by atoms with Gasteiger partial charge in [0.05, 0.1) is 30.5 Å². The van der Waals surface area contributed by atoms with Gasteiger partial charge in [-0.1, -0.05) is 15.9 Å². The molecule has 1 unspecified atom stereocenters. The van der Waals surface area contributed by atoms with Crippen molar-refractivity contribution in [2.24, 2.45) is 0 Å². The van der Waals surface area contributed by atoms with Crippen molar-refractivity contribution in [3.05, 3.63) is 57.3 Å². The first-order chi connectivity index (χ1) is 12.5. The standard InChI is InChI=1S/C19H19BrN2O4/c1-3-25-19(24)13-5-6-16(21-11(13)2)18(23)22-15-8-9-26-17-7-4-12(20)10-14(15)17/h4-7,10,15H,3,8-9H2,1-2H3,(H,22,23). The Morgan fingerprint density at radius 1 is 1.35 bits per heavy atom. The number of esters is 1. The first kappa shape index (κ1) is 18.4. The second-order valence-corrected chi connectivity index (χ2v) is 6.81. The average molecular weight is 419 g/mol. The van der Waals surface area contributed by atoms with Crippen molar-refractivity contribution in [1.29, 1.82) is 0 Å². The van der Waals surface area contributed by atoms with Crippen LogP contribution in [-0.2, 0) is 4.74 Å². The van der Waals surface area contributed by atoms with E-state index in [1.165, 1.54) is 6.07 Å². The van der Waals surface area contributed by atoms with E-state index in [0.29, 0.717) is 30.9 Å². The lowest BCUT2D eigenvalue weighted by Gasteiger charge is -2.26. The van der Waals surface area contributed by atoms with E-state index in [4.69, 9.17) is 9.47 Å². The fourth-order valence-electron chi connectivity index (χ4n) is 2.86. The summed E-state index contributed by atoms with van der Waals surface area (Å²) in [5.74, 6) is 0.0422. The van der Waals surface area contributed by atoms with Crippen molar-refractivity contribution < 1.29 is 19.1 Å². The van der Waals surface area contributed by atoms with Crippen LogP contribution in [0.1, 0.15) is 51.5 Å². The van der Waals surface area contributed by atoms with Gasteiger partial charge in [0.15, 0.2) is 0 Å². The van der Waals surface area contributed by atoms with Crippen LogP contribution in [0.2, 0.25) is 0 Å². The molecular weight excluding hydrogens is 400 g/mol. The second-order valence-electron chi connectivity index (χ2n) is 5.90. The Morgan fingerprint density at radius 3 is 2.88 bits per heavy atom. The van der Waals surface area contributed by atoms with Crippen molar-refractivity contribution >= 4 is 27.8 Å². The van der Waals surface area contributed by atoms with Crippen molar-refractivity contribution in [1.82, 2.24) is 10.3 Å². The molecule has 0 saturated heterocycles. The van der Waals surface area contributed by atoms with Crippen LogP contribution in [0.5, 0.6) is 5.75 Å². The summed E-state index contributed by atoms with van der Waals surface area (Å²) in [5, 5.41) is 3.00. The number of pyridine rings is 1. The lowest BCUT2D eigenvalue weighted by atomic mass is 10.0. The van der Waals surface area contributed by atoms with Gasteiger partial charge in [0.2, 0.25) is 0 Å². The van der Waals surface area contributed by atoms with E-state index >= 15 is 0 Å². The Bertz CT molecular complexity index is 853. The largest absolute Gasteiger partial charge is 0.493 e. The molecule has 1 aromatic carbocycles. The predicted molar refractivity (Wildman–Crippen MR) is 99.4 cm³/mol. The van der Waals surface area contributed by atoms with E-state index < -0.39 is 5.97 Å². The quantitative estimate of drug-likeness (QED) is 0.767. The average Bonchev–Trinajstić information content (AvgIpc) is 2.62. The molecule has 2 heterocycles. The Kier molecular flexibility index (Phi) is 5.56. The van der Waals surface area contributed by atoms with Crippen LogP contribution >= 0.6 is 15.9 Å². The Morgan fingerprint density at radius 2 is 2.15 bits per heavy atom. The molecule has 0 saturated carbocycles. The van der Waals surface area contributed by atoms with Crippen LogP contribution in [0.25, 0.3) is 0 Å². The van der Waals surface area contributed by atoms with Gasteiger partial charge < -0.3 is 14.8 Å². The maximum Gasteiger partial charge on any atom is 0.339 e. The molecular formula is C19H19BrN2O4. The zero-order valence-electron chi connectivity index (χ0n) is 14.5. The highest BCUT2D eigenvalue weighted by molar-refractivity contribution is 9.10. The Hall–Kier alpha value is -2.41. The molecule has 136 valence electrons. The van der Waals surface area contributed by atoms with Crippen molar-refractivity contribution in [2.75, 3.05) is 13.2 Å². The Labute approximate surface area is 160 Å². The van der Waals surface area contributed by atoms with E-state index in [0.717, 1.165) is 15.8 Å². The number of aromatic nitrogens is 1. The molecule has 1 amide bonds. The van der Waals surface area contributed by atoms with Gasteiger partial charge in [-0.2, -0.15) is 0 Å². The number of halogens is 1. The van der Waals surface area contributed by atoms with E-state index in [9.17, 15) is 9.59 Å². The van der Waals surface area contributed by atoms with E-state index in [-0.39, 0.29) is 17.6 Å². The summed E-state index contributed by atoms with van der Waals surface area (Å²) in [6.07, 6.45) is 0.676. The summed E-state index contributed by atoms with van der Waals surface area (Å²) < 4.78 is 11.5.